The fourth-order valence-electron chi connectivity index (χ4n) is 2.37. The molecular weight excluding hydrogens is 320 g/mol. The highest BCUT2D eigenvalue weighted by Gasteiger charge is 2.28. The molecule has 21 heavy (non-hydrogen) atoms. The lowest BCUT2D eigenvalue weighted by Gasteiger charge is -2.26. The molecule has 1 aromatic carbocycles. The summed E-state index contributed by atoms with van der Waals surface area (Å²) in [5, 5.41) is 20.2. The third kappa shape index (κ3) is 3.91. The van der Waals surface area contributed by atoms with Gasteiger partial charge in [0.05, 0.1) is 16.0 Å². The molecule has 0 aliphatic heterocycles. The van der Waals surface area contributed by atoms with Crippen molar-refractivity contribution < 1.29 is 18.4 Å². The van der Waals surface area contributed by atoms with E-state index in [1.165, 1.54) is 6.07 Å². The Morgan fingerprint density at radius 2 is 2.10 bits per heavy atom. The molecule has 1 saturated carbocycles. The normalized spacial score (nSPS) is 23.0. The Bertz CT molecular complexity index is 649. The van der Waals surface area contributed by atoms with E-state index in [1.807, 2.05) is 0 Å². The van der Waals surface area contributed by atoms with E-state index in [0.717, 1.165) is 18.6 Å². The van der Waals surface area contributed by atoms with Gasteiger partial charge in [-0.1, -0.05) is 11.6 Å². The molecule has 0 aromatic heterocycles. The Balaban J connectivity index is 2.26. The Morgan fingerprint density at radius 1 is 1.38 bits per heavy atom. The lowest BCUT2D eigenvalue weighted by atomic mass is 9.94. The smallest absolute Gasteiger partial charge is 0.270 e. The van der Waals surface area contributed by atoms with Crippen LogP contribution in [0.2, 0.25) is 5.02 Å². The van der Waals surface area contributed by atoms with Crippen molar-refractivity contribution >= 4 is 27.3 Å². The van der Waals surface area contributed by atoms with Crippen LogP contribution >= 0.6 is 11.6 Å². The van der Waals surface area contributed by atoms with Gasteiger partial charge in [0.25, 0.3) is 5.69 Å². The Morgan fingerprint density at radius 3 is 2.71 bits per heavy atom. The predicted molar refractivity (Wildman–Crippen MR) is 76.7 cm³/mol. The highest BCUT2D eigenvalue weighted by Crippen LogP contribution is 2.27. The van der Waals surface area contributed by atoms with Crippen LogP contribution in [-0.2, 0) is 10.0 Å². The van der Waals surface area contributed by atoms with Gasteiger partial charge in [0.1, 0.15) is 4.90 Å². The van der Waals surface area contributed by atoms with Crippen molar-refractivity contribution in [3.63, 3.8) is 0 Å². The van der Waals surface area contributed by atoms with Crippen LogP contribution in [0.3, 0.4) is 0 Å². The first-order valence-electron chi connectivity index (χ1n) is 6.44. The second kappa shape index (κ2) is 6.27. The third-order valence-corrected chi connectivity index (χ3v) is 5.39. The molecule has 0 amide bonds. The summed E-state index contributed by atoms with van der Waals surface area (Å²) in [6.07, 6.45) is 1.77. The topological polar surface area (TPSA) is 110 Å². The van der Waals surface area contributed by atoms with E-state index in [-0.39, 0.29) is 15.6 Å². The van der Waals surface area contributed by atoms with Crippen LogP contribution in [0.15, 0.2) is 23.1 Å². The fourth-order valence-corrected chi connectivity index (χ4v) is 4.17. The summed E-state index contributed by atoms with van der Waals surface area (Å²) in [7, 11) is -3.97. The van der Waals surface area contributed by atoms with Crippen LogP contribution in [0.25, 0.3) is 0 Å². The van der Waals surface area contributed by atoms with Crippen molar-refractivity contribution in [3.05, 3.63) is 33.3 Å². The molecule has 9 heteroatoms. The number of aliphatic hydroxyl groups is 1. The monoisotopic (exact) mass is 334 g/mol. The first kappa shape index (κ1) is 16.2. The Labute approximate surface area is 127 Å². The number of nitro benzene ring substituents is 1. The minimum atomic E-state index is -3.97. The number of hydrogen-bond acceptors (Lipinski definition) is 5. The quantitative estimate of drug-likeness (QED) is 0.644. The summed E-state index contributed by atoms with van der Waals surface area (Å²) in [6.45, 7) is 0. The minimum Gasteiger partial charge on any atom is -0.393 e. The van der Waals surface area contributed by atoms with Gasteiger partial charge >= 0.3 is 0 Å². The van der Waals surface area contributed by atoms with Gasteiger partial charge in [0, 0.05) is 18.2 Å². The maximum atomic E-state index is 12.3. The highest BCUT2D eigenvalue weighted by atomic mass is 35.5. The number of nitrogens with one attached hydrogen (secondary N) is 1. The number of benzene rings is 1. The van der Waals surface area contributed by atoms with E-state index in [9.17, 15) is 23.6 Å². The van der Waals surface area contributed by atoms with Gasteiger partial charge in [-0.25, -0.2) is 13.1 Å². The maximum Gasteiger partial charge on any atom is 0.270 e. The molecule has 116 valence electrons. The first-order chi connectivity index (χ1) is 9.79. The number of hydrogen-bond donors (Lipinski definition) is 2. The molecule has 7 nitrogen and oxygen atoms in total. The standard InChI is InChI=1S/C12H15ClN2O5S/c13-11-5-4-9(15(17)18)7-12(11)21(19,20)14-8-2-1-3-10(16)6-8/h4-5,7-8,10,14,16H,1-3,6H2. The molecule has 0 radical (unpaired) electrons. The Kier molecular flexibility index (Phi) is 4.82. The minimum absolute atomic E-state index is 0.0792. The molecule has 0 saturated heterocycles. The average molecular weight is 335 g/mol. The average Bonchev–Trinajstić information content (AvgIpc) is 2.38. The number of non-ortho nitro benzene ring substituents is 1. The first-order valence-corrected chi connectivity index (χ1v) is 8.30. The molecule has 1 fully saturated rings. The van der Waals surface area contributed by atoms with Crippen LogP contribution in [0, 0.1) is 10.1 Å². The molecule has 1 aliphatic carbocycles. The molecule has 2 rings (SSSR count). The summed E-state index contributed by atoms with van der Waals surface area (Å²) in [4.78, 5) is 9.74. The molecule has 1 aromatic rings. The number of rotatable bonds is 4. The van der Waals surface area contributed by atoms with Crippen molar-refractivity contribution in [2.24, 2.45) is 0 Å². The number of nitrogens with zero attached hydrogens (tertiary/aromatic N) is 1. The van der Waals surface area contributed by atoms with Crippen molar-refractivity contribution in [3.8, 4) is 0 Å². The zero-order valence-electron chi connectivity index (χ0n) is 11.0. The third-order valence-electron chi connectivity index (χ3n) is 3.38. The molecule has 2 atom stereocenters. The maximum absolute atomic E-state index is 12.3. The summed E-state index contributed by atoms with van der Waals surface area (Å²) in [6, 6.07) is 2.87. The molecule has 2 unspecified atom stereocenters. The van der Waals surface area contributed by atoms with E-state index in [1.54, 1.807) is 0 Å². The lowest BCUT2D eigenvalue weighted by Crippen LogP contribution is -2.39. The summed E-state index contributed by atoms with van der Waals surface area (Å²) in [5.74, 6) is 0. The number of aliphatic hydroxyl groups excluding tert-OH is 1. The summed E-state index contributed by atoms with van der Waals surface area (Å²) < 4.78 is 27.1. The molecule has 0 bridgehead atoms. The van der Waals surface area contributed by atoms with Gasteiger partial charge in [0.2, 0.25) is 10.0 Å². The molecule has 0 heterocycles. The van der Waals surface area contributed by atoms with Crippen molar-refractivity contribution in [1.29, 1.82) is 0 Å². The predicted octanol–water partition coefficient (Wildman–Crippen LogP) is 1.83. The van der Waals surface area contributed by atoms with Crippen molar-refractivity contribution in [2.45, 2.75) is 42.7 Å². The zero-order valence-corrected chi connectivity index (χ0v) is 12.6. The second-order valence-electron chi connectivity index (χ2n) is 5.01. The largest absolute Gasteiger partial charge is 0.393 e. The van der Waals surface area contributed by atoms with Crippen molar-refractivity contribution in [2.75, 3.05) is 0 Å². The SMILES string of the molecule is O=[N+]([O-])c1ccc(Cl)c(S(=O)(=O)NC2CCCC(O)C2)c1. The number of sulfonamides is 1. The van der Waals surface area contributed by atoms with Crippen LogP contribution in [0.1, 0.15) is 25.7 Å². The molecule has 2 N–H and O–H groups in total. The van der Waals surface area contributed by atoms with Crippen LogP contribution in [0.5, 0.6) is 0 Å². The van der Waals surface area contributed by atoms with E-state index in [4.69, 9.17) is 11.6 Å². The lowest BCUT2D eigenvalue weighted by molar-refractivity contribution is -0.385. The van der Waals surface area contributed by atoms with Crippen LogP contribution in [0.4, 0.5) is 5.69 Å². The van der Waals surface area contributed by atoms with Gasteiger partial charge < -0.3 is 5.11 Å². The number of halogens is 1. The van der Waals surface area contributed by atoms with Gasteiger partial charge in [-0.05, 0) is 31.7 Å². The van der Waals surface area contributed by atoms with Crippen molar-refractivity contribution in [1.82, 2.24) is 4.72 Å². The van der Waals surface area contributed by atoms with E-state index in [2.05, 4.69) is 4.72 Å². The molecule has 1 aliphatic rings. The fraction of sp³-hybridized carbons (Fsp3) is 0.500. The zero-order chi connectivity index (χ0) is 15.6. The van der Waals surface area contributed by atoms with Gasteiger partial charge in [-0.2, -0.15) is 0 Å². The number of nitro groups is 1. The van der Waals surface area contributed by atoms with E-state index < -0.39 is 27.1 Å². The summed E-state index contributed by atoms with van der Waals surface area (Å²) in [5.41, 5.74) is -0.344. The van der Waals surface area contributed by atoms with Gasteiger partial charge in [-0.15, -0.1) is 0 Å². The van der Waals surface area contributed by atoms with E-state index >= 15 is 0 Å². The molecule has 0 spiro atoms. The summed E-state index contributed by atoms with van der Waals surface area (Å²) >= 11 is 5.84. The van der Waals surface area contributed by atoms with Gasteiger partial charge in [-0.3, -0.25) is 10.1 Å². The van der Waals surface area contributed by atoms with Gasteiger partial charge in [0.15, 0.2) is 0 Å². The molecular formula is C12H15ClN2O5S. The Hall–Kier alpha value is -1.22. The highest BCUT2D eigenvalue weighted by molar-refractivity contribution is 7.89. The van der Waals surface area contributed by atoms with Crippen LogP contribution < -0.4 is 4.72 Å². The second-order valence-corrected chi connectivity index (χ2v) is 7.10. The van der Waals surface area contributed by atoms with Crippen LogP contribution in [-0.4, -0.2) is 30.6 Å². The van der Waals surface area contributed by atoms with E-state index in [0.29, 0.717) is 19.3 Å².